The van der Waals surface area contributed by atoms with Crippen LogP contribution < -0.4 is 5.32 Å². The van der Waals surface area contributed by atoms with Gasteiger partial charge in [-0.05, 0) is 37.4 Å². The quantitative estimate of drug-likeness (QED) is 0.599. The molecule has 1 N–H and O–H groups in total. The topological polar surface area (TPSA) is 75.5 Å². The van der Waals surface area contributed by atoms with Crippen LogP contribution in [-0.4, -0.2) is 29.3 Å². The predicted molar refractivity (Wildman–Crippen MR) is 92.2 cm³/mol. The normalized spacial score (nSPS) is 10.7. The van der Waals surface area contributed by atoms with E-state index in [1.54, 1.807) is 24.1 Å². The minimum absolute atomic E-state index is 0.0461. The number of nitrogens with zero attached hydrogens (tertiary/aromatic N) is 2. The number of nitrogens with one attached hydrogen (secondary N) is 1. The molecule has 2 aromatic carbocycles. The monoisotopic (exact) mass is 395 g/mol. The Morgan fingerprint density at radius 3 is 2.58 bits per heavy atom. The maximum atomic E-state index is 13.7. The zero-order valence-electron chi connectivity index (χ0n) is 12.8. The molecule has 0 aliphatic rings. The number of non-ortho nitro benzene ring substituents is 1. The van der Waals surface area contributed by atoms with Gasteiger partial charge in [0, 0.05) is 34.4 Å². The lowest BCUT2D eigenvalue weighted by atomic mass is 10.2. The van der Waals surface area contributed by atoms with Gasteiger partial charge < -0.3 is 5.32 Å². The summed E-state index contributed by atoms with van der Waals surface area (Å²) in [5.41, 5.74) is 0.901. The van der Waals surface area contributed by atoms with Crippen molar-refractivity contribution >= 4 is 33.2 Å². The van der Waals surface area contributed by atoms with Gasteiger partial charge in [0.15, 0.2) is 0 Å². The first-order valence-corrected chi connectivity index (χ1v) is 7.81. The van der Waals surface area contributed by atoms with Crippen molar-refractivity contribution in [3.63, 3.8) is 0 Å². The lowest BCUT2D eigenvalue weighted by molar-refractivity contribution is -0.384. The third kappa shape index (κ3) is 5.10. The highest BCUT2D eigenvalue weighted by molar-refractivity contribution is 9.10. The lowest BCUT2D eigenvalue weighted by Crippen LogP contribution is -2.30. The third-order valence-corrected chi connectivity index (χ3v) is 3.72. The van der Waals surface area contributed by atoms with Crippen LogP contribution >= 0.6 is 15.9 Å². The molecule has 0 bridgehead atoms. The number of hydrogen-bond donors (Lipinski definition) is 1. The van der Waals surface area contributed by atoms with Crippen molar-refractivity contribution in [2.24, 2.45) is 0 Å². The van der Waals surface area contributed by atoms with E-state index >= 15 is 0 Å². The summed E-state index contributed by atoms with van der Waals surface area (Å²) < 4.78 is 14.5. The molecule has 1 amide bonds. The number of amides is 1. The Hall–Kier alpha value is -2.32. The van der Waals surface area contributed by atoms with Gasteiger partial charge in [-0.3, -0.25) is 19.8 Å². The minimum atomic E-state index is -0.508. The van der Waals surface area contributed by atoms with Crippen molar-refractivity contribution in [1.29, 1.82) is 0 Å². The average molecular weight is 396 g/mol. The van der Waals surface area contributed by atoms with Gasteiger partial charge in [0.1, 0.15) is 5.82 Å². The number of carbonyl (C=O) groups is 1. The van der Waals surface area contributed by atoms with Crippen LogP contribution in [0.15, 0.2) is 46.9 Å². The van der Waals surface area contributed by atoms with Crippen molar-refractivity contribution in [2.75, 3.05) is 18.9 Å². The SMILES string of the molecule is CN(CC(=O)Nc1ccc([N+](=O)[O-])cc1)Cc1cc(Br)ccc1F. The molecule has 0 spiro atoms. The Labute approximate surface area is 146 Å². The van der Waals surface area contributed by atoms with Gasteiger partial charge in [0.25, 0.3) is 5.69 Å². The van der Waals surface area contributed by atoms with Gasteiger partial charge in [-0.1, -0.05) is 15.9 Å². The maximum absolute atomic E-state index is 13.7. The molecule has 126 valence electrons. The maximum Gasteiger partial charge on any atom is 0.269 e. The van der Waals surface area contributed by atoms with Crippen LogP contribution in [0, 0.1) is 15.9 Å². The zero-order chi connectivity index (χ0) is 17.7. The molecule has 0 radical (unpaired) electrons. The second kappa shape index (κ2) is 7.98. The second-order valence-electron chi connectivity index (χ2n) is 5.26. The number of nitro benzene ring substituents is 1. The summed E-state index contributed by atoms with van der Waals surface area (Å²) in [4.78, 5) is 23.7. The van der Waals surface area contributed by atoms with E-state index in [2.05, 4.69) is 21.2 Å². The van der Waals surface area contributed by atoms with E-state index in [4.69, 9.17) is 0 Å². The smallest absolute Gasteiger partial charge is 0.269 e. The second-order valence-corrected chi connectivity index (χ2v) is 6.18. The van der Waals surface area contributed by atoms with E-state index in [-0.39, 0.29) is 30.5 Å². The number of halogens is 2. The first-order valence-electron chi connectivity index (χ1n) is 7.02. The first-order chi connectivity index (χ1) is 11.3. The summed E-state index contributed by atoms with van der Waals surface area (Å²) in [6, 6.07) is 10.2. The number of likely N-dealkylation sites (N-methyl/N-ethyl adjacent to an activating group) is 1. The fourth-order valence-corrected chi connectivity index (χ4v) is 2.53. The molecule has 0 atom stereocenters. The Balaban J connectivity index is 1.91. The molecule has 24 heavy (non-hydrogen) atoms. The molecule has 6 nitrogen and oxygen atoms in total. The standard InChI is InChI=1S/C16H15BrFN3O3/c1-20(9-11-8-12(17)2-7-15(11)18)10-16(22)19-13-3-5-14(6-4-13)21(23)24/h2-8H,9-10H2,1H3,(H,19,22). The molecule has 0 fully saturated rings. The molecule has 0 aliphatic carbocycles. The number of hydrogen-bond acceptors (Lipinski definition) is 4. The summed E-state index contributed by atoms with van der Waals surface area (Å²) in [5, 5.41) is 13.2. The zero-order valence-corrected chi connectivity index (χ0v) is 14.4. The lowest BCUT2D eigenvalue weighted by Gasteiger charge is -2.17. The highest BCUT2D eigenvalue weighted by atomic mass is 79.9. The van der Waals surface area contributed by atoms with Crippen LogP contribution in [0.5, 0.6) is 0 Å². The average Bonchev–Trinajstić information content (AvgIpc) is 2.51. The largest absolute Gasteiger partial charge is 0.325 e. The summed E-state index contributed by atoms with van der Waals surface area (Å²) in [7, 11) is 1.70. The van der Waals surface area contributed by atoms with E-state index in [1.807, 2.05) is 0 Å². The molecule has 0 heterocycles. The van der Waals surface area contributed by atoms with Crippen molar-refractivity contribution in [1.82, 2.24) is 4.90 Å². The molecule has 0 aromatic heterocycles. The molecule has 2 rings (SSSR count). The van der Waals surface area contributed by atoms with Crippen molar-refractivity contribution in [3.05, 3.63) is 68.4 Å². The molecule has 8 heteroatoms. The summed E-state index contributed by atoms with van der Waals surface area (Å²) in [5.74, 6) is -0.623. The minimum Gasteiger partial charge on any atom is -0.325 e. The van der Waals surface area contributed by atoms with Gasteiger partial charge in [-0.2, -0.15) is 0 Å². The van der Waals surface area contributed by atoms with Crippen LogP contribution in [0.25, 0.3) is 0 Å². The molecule has 0 aliphatic heterocycles. The van der Waals surface area contributed by atoms with Crippen LogP contribution in [-0.2, 0) is 11.3 Å². The molecule has 0 saturated carbocycles. The molecular formula is C16H15BrFN3O3. The molecule has 0 unspecified atom stereocenters. The van der Waals surface area contributed by atoms with Crippen molar-refractivity contribution < 1.29 is 14.1 Å². The van der Waals surface area contributed by atoms with Gasteiger partial charge >= 0.3 is 0 Å². The summed E-state index contributed by atoms with van der Waals surface area (Å²) in [6.07, 6.45) is 0. The number of anilines is 1. The van der Waals surface area contributed by atoms with E-state index in [9.17, 15) is 19.3 Å². The molecule has 2 aromatic rings. The Kier molecular flexibility index (Phi) is 5.99. The van der Waals surface area contributed by atoms with E-state index in [0.717, 1.165) is 4.47 Å². The van der Waals surface area contributed by atoms with E-state index < -0.39 is 4.92 Å². The van der Waals surface area contributed by atoms with Crippen LogP contribution in [0.2, 0.25) is 0 Å². The number of nitro groups is 1. The van der Waals surface area contributed by atoms with Gasteiger partial charge in [-0.15, -0.1) is 0 Å². The van der Waals surface area contributed by atoms with Gasteiger partial charge in [-0.25, -0.2) is 4.39 Å². The van der Waals surface area contributed by atoms with Gasteiger partial charge in [0.2, 0.25) is 5.91 Å². The fraction of sp³-hybridized carbons (Fsp3) is 0.188. The third-order valence-electron chi connectivity index (χ3n) is 3.22. The van der Waals surface area contributed by atoms with Crippen molar-refractivity contribution in [2.45, 2.75) is 6.54 Å². The Morgan fingerprint density at radius 1 is 1.29 bits per heavy atom. The highest BCUT2D eigenvalue weighted by Crippen LogP contribution is 2.17. The fourth-order valence-electron chi connectivity index (χ4n) is 2.12. The van der Waals surface area contributed by atoms with Crippen LogP contribution in [0.1, 0.15) is 5.56 Å². The van der Waals surface area contributed by atoms with Crippen LogP contribution in [0.3, 0.4) is 0 Å². The predicted octanol–water partition coefficient (Wildman–Crippen LogP) is 3.57. The van der Waals surface area contributed by atoms with Crippen LogP contribution in [0.4, 0.5) is 15.8 Å². The molecule has 0 saturated heterocycles. The summed E-state index contributed by atoms with van der Waals surface area (Å²) in [6.45, 7) is 0.335. The number of rotatable bonds is 6. The van der Waals surface area contributed by atoms with E-state index in [1.165, 1.54) is 30.3 Å². The van der Waals surface area contributed by atoms with E-state index in [0.29, 0.717) is 11.3 Å². The summed E-state index contributed by atoms with van der Waals surface area (Å²) >= 11 is 3.28. The highest BCUT2D eigenvalue weighted by Gasteiger charge is 2.11. The molecular weight excluding hydrogens is 381 g/mol. The Bertz CT molecular complexity index is 753. The number of benzene rings is 2. The number of carbonyl (C=O) groups excluding carboxylic acids is 1. The first kappa shape index (κ1) is 18.0. The Morgan fingerprint density at radius 2 is 1.96 bits per heavy atom. The van der Waals surface area contributed by atoms with Gasteiger partial charge in [0.05, 0.1) is 11.5 Å². The van der Waals surface area contributed by atoms with Crippen molar-refractivity contribution in [3.8, 4) is 0 Å².